The molecular formula is C54H68N2S2. The number of nitrogens with zero attached hydrogens (tertiary/aromatic N) is 2. The zero-order valence-corrected chi connectivity index (χ0v) is 36.7. The molecule has 0 amide bonds. The van der Waals surface area contributed by atoms with E-state index in [9.17, 15) is 0 Å². The number of hydrogen-bond donors (Lipinski definition) is 0. The summed E-state index contributed by atoms with van der Waals surface area (Å²) in [5.74, 6) is 5.21. The molecule has 58 heavy (non-hydrogen) atoms. The molecule has 4 heterocycles. The molecule has 4 aliphatic heterocycles. The zero-order valence-electron chi connectivity index (χ0n) is 35.0. The van der Waals surface area contributed by atoms with Gasteiger partial charge in [0.1, 0.15) is 0 Å². The van der Waals surface area contributed by atoms with Crippen molar-refractivity contribution >= 4 is 23.5 Å². The number of benzene rings is 3. The highest BCUT2D eigenvalue weighted by Gasteiger charge is 2.61. The summed E-state index contributed by atoms with van der Waals surface area (Å²) in [5.41, 5.74) is 8.81. The first-order valence-corrected chi connectivity index (χ1v) is 26.8. The maximum absolute atomic E-state index is 3.22. The second kappa shape index (κ2) is 15.0. The van der Waals surface area contributed by atoms with Gasteiger partial charge in [0.15, 0.2) is 0 Å². The van der Waals surface area contributed by atoms with Crippen LogP contribution in [0.4, 0.5) is 0 Å². The van der Waals surface area contributed by atoms with Crippen molar-refractivity contribution in [2.24, 2.45) is 23.7 Å². The van der Waals surface area contributed by atoms with E-state index in [1.807, 2.05) is 0 Å². The fourth-order valence-electron chi connectivity index (χ4n) is 16.8. The van der Waals surface area contributed by atoms with Crippen molar-refractivity contribution in [2.45, 2.75) is 198 Å². The Hall–Kier alpha value is -1.72. The minimum absolute atomic E-state index is 0.725. The van der Waals surface area contributed by atoms with Crippen LogP contribution in [-0.4, -0.2) is 67.1 Å². The summed E-state index contributed by atoms with van der Waals surface area (Å²) in [6.07, 6.45) is 29.3. The van der Waals surface area contributed by atoms with Gasteiger partial charge in [-0.15, -0.1) is 0 Å². The largest absolute Gasteiger partial charge is 0.292 e. The van der Waals surface area contributed by atoms with E-state index in [1.54, 1.807) is 11.1 Å². The van der Waals surface area contributed by atoms with E-state index in [0.717, 1.165) is 92.8 Å². The smallest absolute Gasteiger partial charge is 0.0252 e. The maximum atomic E-state index is 3.22. The van der Waals surface area contributed by atoms with Crippen LogP contribution < -0.4 is 0 Å². The van der Waals surface area contributed by atoms with Crippen LogP contribution in [0.5, 0.6) is 0 Å². The summed E-state index contributed by atoms with van der Waals surface area (Å²) in [4.78, 5) is 6.45. The highest BCUT2D eigenvalue weighted by molar-refractivity contribution is 8.00. The molecule has 13 rings (SSSR count). The first kappa shape index (κ1) is 36.9. The van der Waals surface area contributed by atoms with Crippen molar-refractivity contribution in [1.29, 1.82) is 0 Å². The fourth-order valence-corrected chi connectivity index (χ4v) is 20.9. The number of hydrogen-bond acceptors (Lipinski definition) is 4. The Morgan fingerprint density at radius 1 is 0.362 bits per heavy atom. The van der Waals surface area contributed by atoms with Gasteiger partial charge in [-0.1, -0.05) is 111 Å². The van der Waals surface area contributed by atoms with Gasteiger partial charge in [0.05, 0.1) is 0 Å². The minimum atomic E-state index is 0.725. The predicted molar refractivity (Wildman–Crippen MR) is 246 cm³/mol. The van der Waals surface area contributed by atoms with Crippen LogP contribution in [-0.2, 0) is 0 Å². The molecule has 4 saturated heterocycles. The third-order valence-electron chi connectivity index (χ3n) is 19.0. The van der Waals surface area contributed by atoms with Gasteiger partial charge in [0.2, 0.25) is 0 Å². The molecule has 0 aromatic heterocycles. The lowest BCUT2D eigenvalue weighted by molar-refractivity contribution is 0.0606. The van der Waals surface area contributed by atoms with E-state index in [2.05, 4.69) is 106 Å². The molecule has 10 aliphatic rings. The average molecular weight is 809 g/mol. The average Bonchev–Trinajstić information content (AvgIpc) is 3.81. The van der Waals surface area contributed by atoms with Gasteiger partial charge in [0, 0.05) is 57.3 Å². The van der Waals surface area contributed by atoms with Crippen molar-refractivity contribution in [1.82, 2.24) is 9.80 Å². The van der Waals surface area contributed by atoms with E-state index in [1.165, 1.54) is 151 Å². The molecule has 16 atom stereocenters. The van der Waals surface area contributed by atoms with Gasteiger partial charge >= 0.3 is 0 Å². The van der Waals surface area contributed by atoms with Crippen LogP contribution in [0.15, 0.2) is 72.8 Å². The third kappa shape index (κ3) is 6.00. The van der Waals surface area contributed by atoms with Crippen LogP contribution in [0.2, 0.25) is 0 Å². The van der Waals surface area contributed by atoms with Crippen LogP contribution >= 0.6 is 23.5 Å². The van der Waals surface area contributed by atoms with Gasteiger partial charge in [-0.2, -0.15) is 23.5 Å². The van der Waals surface area contributed by atoms with Gasteiger partial charge < -0.3 is 0 Å². The molecule has 306 valence electrons. The second-order valence-corrected chi connectivity index (χ2v) is 24.5. The van der Waals surface area contributed by atoms with Gasteiger partial charge in [-0.25, -0.2) is 0 Å². The van der Waals surface area contributed by atoms with Crippen molar-refractivity contribution in [3.63, 3.8) is 0 Å². The molecule has 6 saturated carbocycles. The van der Waals surface area contributed by atoms with Gasteiger partial charge in [-0.3, -0.25) is 9.80 Å². The Labute approximate surface area is 358 Å². The Balaban J connectivity index is 0.705. The van der Waals surface area contributed by atoms with E-state index in [0.29, 0.717) is 0 Å². The number of fused-ring (bicyclic) bond motifs is 10. The van der Waals surface area contributed by atoms with E-state index >= 15 is 0 Å². The van der Waals surface area contributed by atoms with Crippen molar-refractivity contribution in [3.8, 4) is 22.3 Å². The lowest BCUT2D eigenvalue weighted by Crippen LogP contribution is -2.59. The van der Waals surface area contributed by atoms with Gasteiger partial charge in [-0.05, 0) is 159 Å². The topological polar surface area (TPSA) is 6.48 Å². The molecule has 3 aromatic carbocycles. The first-order valence-electron chi connectivity index (χ1n) is 24.9. The van der Waals surface area contributed by atoms with E-state index in [4.69, 9.17) is 0 Å². The Morgan fingerprint density at radius 2 is 0.810 bits per heavy atom. The molecule has 3 aromatic rings. The lowest BCUT2D eigenvalue weighted by atomic mass is 9.69. The van der Waals surface area contributed by atoms with Crippen LogP contribution in [0.3, 0.4) is 0 Å². The van der Waals surface area contributed by atoms with Crippen LogP contribution in [0.25, 0.3) is 22.3 Å². The second-order valence-electron chi connectivity index (χ2n) is 21.5. The molecule has 10 fully saturated rings. The van der Waals surface area contributed by atoms with Crippen LogP contribution in [0, 0.1) is 23.7 Å². The quantitative estimate of drug-likeness (QED) is 0.259. The van der Waals surface area contributed by atoms with E-state index in [-0.39, 0.29) is 0 Å². The Morgan fingerprint density at radius 3 is 1.29 bits per heavy atom. The summed E-state index contributed by atoms with van der Waals surface area (Å²) < 4.78 is 0. The van der Waals surface area contributed by atoms with E-state index < -0.39 is 0 Å². The molecule has 0 bridgehead atoms. The summed E-state index contributed by atoms with van der Waals surface area (Å²) >= 11 is 4.93. The predicted octanol–water partition coefficient (Wildman–Crippen LogP) is 13.3. The summed E-state index contributed by atoms with van der Waals surface area (Å²) in [7, 11) is 0. The van der Waals surface area contributed by atoms with Crippen molar-refractivity contribution in [3.05, 3.63) is 83.9 Å². The highest BCUT2D eigenvalue weighted by atomic mass is 32.2. The fraction of sp³-hybridized carbons (Fsp3) is 0.667. The van der Waals surface area contributed by atoms with Gasteiger partial charge in [0.25, 0.3) is 0 Å². The summed E-state index contributed by atoms with van der Waals surface area (Å²) in [5, 5.41) is 3.71. The van der Waals surface area contributed by atoms with Crippen molar-refractivity contribution in [2.75, 3.05) is 0 Å². The minimum Gasteiger partial charge on any atom is -0.292 e. The van der Waals surface area contributed by atoms with Crippen LogP contribution in [0.1, 0.15) is 151 Å². The third-order valence-corrected chi connectivity index (χ3v) is 22.6. The summed E-state index contributed by atoms with van der Waals surface area (Å²) in [6.45, 7) is 0. The molecule has 0 radical (unpaired) electrons. The maximum Gasteiger partial charge on any atom is 0.0252 e. The molecule has 0 N–H and O–H groups in total. The highest BCUT2D eigenvalue weighted by Crippen LogP contribution is 2.61. The Bertz CT molecular complexity index is 1840. The zero-order chi connectivity index (χ0) is 37.9. The molecule has 2 nitrogen and oxygen atoms in total. The molecule has 0 spiro atoms. The Kier molecular flexibility index (Phi) is 9.53. The number of rotatable bonds is 4. The first-order chi connectivity index (χ1) is 28.7. The molecule has 4 heteroatoms. The van der Waals surface area contributed by atoms with Crippen molar-refractivity contribution < 1.29 is 0 Å². The monoisotopic (exact) mass is 808 g/mol. The lowest BCUT2D eigenvalue weighted by Gasteiger charge is -2.53. The molecule has 16 unspecified atom stereocenters. The normalized spacial score (nSPS) is 44.3. The number of thioether (sulfide) groups is 2. The standard InChI is InChI=1S/C54H68N2S2/c1-3-17-49-47(15-1)55-45-27-25-39(31-43(45)41-13-7-19-51(57-49)53(41)55)37-11-5-9-35(29-37)33-21-23-34(24-22-33)36-10-6-12-38(30-36)40-26-28-46-44(32-40)42-14-8-20-52-54(42)56(46)48-16-2-4-18-50(48)58-52/h5-6,9-12,21-24,29-30,39-54H,1-4,7-8,13-20,25-28,31-32H2. The SMILES string of the molecule is c1cc(-c2ccc(-c3cccc(C4CCC5C(C4)C4CCCC6SC7CCCCC7N5C64)c3)cc2)cc(C2CCC3C(C2)C2CCCC4SC5CCCCC5N3C42)c1. The molecular weight excluding hydrogens is 741 g/mol. The molecule has 6 aliphatic carbocycles. The summed E-state index contributed by atoms with van der Waals surface area (Å²) in [6, 6.07) is 34.6.